The van der Waals surface area contributed by atoms with Crippen molar-refractivity contribution in [2.24, 2.45) is 0 Å². The maximum Gasteiger partial charge on any atom is 0.255 e. The highest BCUT2D eigenvalue weighted by molar-refractivity contribution is 6.32. The van der Waals surface area contributed by atoms with E-state index in [0.29, 0.717) is 16.4 Å². The molecule has 1 saturated heterocycles. The number of hydrogen-bond donors (Lipinski definition) is 2. The highest BCUT2D eigenvalue weighted by atomic mass is 35.5. The molecule has 3 aromatic carbocycles. The Morgan fingerprint density at radius 3 is 2.49 bits per heavy atom. The molecule has 0 bridgehead atoms. The number of aromatic nitrogens is 4. The number of nitrogens with one attached hydrogen (secondary N) is 2. The average Bonchev–Trinajstić information content (AvgIpc) is 3.65. The van der Waals surface area contributed by atoms with Gasteiger partial charge in [-0.05, 0) is 67.4 Å². The molecule has 3 heterocycles. The Bertz CT molecular complexity index is 1630. The smallest absolute Gasteiger partial charge is 0.255 e. The number of imidazole rings is 1. The van der Waals surface area contributed by atoms with Crippen LogP contribution >= 0.6 is 11.6 Å². The normalized spacial score (nSPS) is 14.5. The summed E-state index contributed by atoms with van der Waals surface area (Å²) in [5.74, 6) is 0.515. The van der Waals surface area contributed by atoms with Crippen molar-refractivity contribution in [3.63, 3.8) is 0 Å². The molecular formula is C32H34ClN7O. The molecule has 41 heavy (non-hydrogen) atoms. The van der Waals surface area contributed by atoms with E-state index in [0.717, 1.165) is 54.0 Å². The lowest BCUT2D eigenvalue weighted by molar-refractivity contribution is 0.102. The Morgan fingerprint density at radius 1 is 0.976 bits per heavy atom. The van der Waals surface area contributed by atoms with Gasteiger partial charge in [0.2, 0.25) is 0 Å². The van der Waals surface area contributed by atoms with Gasteiger partial charge in [-0.3, -0.25) is 4.79 Å². The van der Waals surface area contributed by atoms with Crippen molar-refractivity contribution in [3.8, 4) is 17.1 Å². The second kappa shape index (κ2) is 12.3. The summed E-state index contributed by atoms with van der Waals surface area (Å²) in [6.07, 6.45) is 5.86. The number of fused-ring (bicyclic) bond motifs is 1. The molecule has 2 N–H and O–H groups in total. The summed E-state index contributed by atoms with van der Waals surface area (Å²) in [6.45, 7) is 9.13. The predicted octanol–water partition coefficient (Wildman–Crippen LogP) is 5.89. The molecule has 1 aliphatic rings. The first-order chi connectivity index (χ1) is 20.1. The molecule has 2 aromatic heterocycles. The summed E-state index contributed by atoms with van der Waals surface area (Å²) in [5.41, 5.74) is 5.80. The number of rotatable bonds is 9. The molecule has 8 nitrogen and oxygen atoms in total. The predicted molar refractivity (Wildman–Crippen MR) is 165 cm³/mol. The second-order valence-corrected chi connectivity index (χ2v) is 10.9. The fourth-order valence-electron chi connectivity index (χ4n) is 5.30. The molecule has 210 valence electrons. The SMILES string of the molecule is CCCN1CCN(CCc2ccc(NC(=O)c3ccc4nc(-c5cnn(-c6ccccc6Cl)c5)[nH]c4c3)cc2)CC1. The van der Waals surface area contributed by atoms with Crippen LogP contribution < -0.4 is 5.32 Å². The fraction of sp³-hybridized carbons (Fsp3) is 0.281. The van der Waals surface area contributed by atoms with Crippen molar-refractivity contribution in [1.82, 2.24) is 29.5 Å². The van der Waals surface area contributed by atoms with E-state index in [1.165, 1.54) is 31.6 Å². The van der Waals surface area contributed by atoms with Gasteiger partial charge in [-0.25, -0.2) is 9.67 Å². The van der Waals surface area contributed by atoms with Gasteiger partial charge in [0.15, 0.2) is 0 Å². The number of halogens is 1. The molecule has 0 radical (unpaired) electrons. The summed E-state index contributed by atoms with van der Waals surface area (Å²) in [7, 11) is 0. The van der Waals surface area contributed by atoms with Crippen LogP contribution in [0.25, 0.3) is 28.1 Å². The number of benzene rings is 3. The van der Waals surface area contributed by atoms with Crippen LogP contribution in [-0.4, -0.2) is 74.7 Å². The highest BCUT2D eigenvalue weighted by Crippen LogP contribution is 2.25. The minimum Gasteiger partial charge on any atom is -0.338 e. The standard InChI is InChI=1S/C32H34ClN7O/c1-2-14-38-16-18-39(19-17-38)15-13-23-7-10-26(11-8-23)35-32(41)24-9-12-28-29(20-24)37-31(36-28)25-21-34-40(22-25)30-6-4-3-5-27(30)33/h3-12,20-22H,2,13-19H2,1H3,(H,35,41)(H,36,37). The Hall–Kier alpha value is -3.98. The fourth-order valence-corrected chi connectivity index (χ4v) is 5.52. The zero-order valence-electron chi connectivity index (χ0n) is 23.2. The molecular weight excluding hydrogens is 534 g/mol. The maximum atomic E-state index is 13.0. The number of amides is 1. The molecule has 5 aromatic rings. The molecule has 9 heteroatoms. The van der Waals surface area contributed by atoms with Crippen LogP contribution in [0.15, 0.2) is 79.1 Å². The minimum absolute atomic E-state index is 0.160. The number of H-pyrrole nitrogens is 1. The average molecular weight is 568 g/mol. The summed E-state index contributed by atoms with van der Waals surface area (Å²) < 4.78 is 1.73. The van der Waals surface area contributed by atoms with Crippen LogP contribution in [0.2, 0.25) is 5.02 Å². The van der Waals surface area contributed by atoms with Crippen molar-refractivity contribution < 1.29 is 4.79 Å². The van der Waals surface area contributed by atoms with E-state index in [9.17, 15) is 4.79 Å². The van der Waals surface area contributed by atoms with Crippen LogP contribution in [0.4, 0.5) is 5.69 Å². The number of carbonyl (C=O) groups is 1. The lowest BCUT2D eigenvalue weighted by Gasteiger charge is -2.34. The van der Waals surface area contributed by atoms with Crippen molar-refractivity contribution in [3.05, 3.63) is 95.3 Å². The summed E-state index contributed by atoms with van der Waals surface area (Å²) in [5, 5.41) is 8.08. The number of para-hydroxylation sites is 1. The summed E-state index contributed by atoms with van der Waals surface area (Å²) >= 11 is 6.32. The van der Waals surface area contributed by atoms with Crippen molar-refractivity contribution in [2.75, 3.05) is 44.6 Å². The molecule has 1 amide bonds. The van der Waals surface area contributed by atoms with E-state index in [1.54, 1.807) is 16.9 Å². The molecule has 0 atom stereocenters. The van der Waals surface area contributed by atoms with Crippen LogP contribution in [0.5, 0.6) is 0 Å². The number of anilines is 1. The molecule has 0 spiro atoms. The van der Waals surface area contributed by atoms with E-state index in [2.05, 4.69) is 44.3 Å². The van der Waals surface area contributed by atoms with Gasteiger partial charge >= 0.3 is 0 Å². The van der Waals surface area contributed by atoms with Gasteiger partial charge in [0.25, 0.3) is 5.91 Å². The third-order valence-electron chi connectivity index (χ3n) is 7.63. The molecule has 1 aliphatic heterocycles. The lowest BCUT2D eigenvalue weighted by Crippen LogP contribution is -2.46. The molecule has 0 aliphatic carbocycles. The van der Waals surface area contributed by atoms with Gasteiger partial charge in [-0.1, -0.05) is 42.8 Å². The van der Waals surface area contributed by atoms with Crippen molar-refractivity contribution >= 4 is 34.2 Å². The monoisotopic (exact) mass is 567 g/mol. The third-order valence-corrected chi connectivity index (χ3v) is 7.95. The van der Waals surface area contributed by atoms with Crippen LogP contribution in [-0.2, 0) is 6.42 Å². The summed E-state index contributed by atoms with van der Waals surface area (Å²) in [6, 6.07) is 21.2. The molecule has 0 unspecified atom stereocenters. The topological polar surface area (TPSA) is 82.1 Å². The van der Waals surface area contributed by atoms with Crippen LogP contribution in [0.1, 0.15) is 29.3 Å². The van der Waals surface area contributed by atoms with Crippen LogP contribution in [0.3, 0.4) is 0 Å². The lowest BCUT2D eigenvalue weighted by atomic mass is 10.1. The number of aromatic amines is 1. The Balaban J connectivity index is 1.07. The van der Waals surface area contributed by atoms with Gasteiger partial charge < -0.3 is 20.1 Å². The highest BCUT2D eigenvalue weighted by Gasteiger charge is 2.16. The number of piperazine rings is 1. The van der Waals surface area contributed by atoms with Gasteiger partial charge in [0.05, 0.1) is 33.5 Å². The maximum absolute atomic E-state index is 13.0. The van der Waals surface area contributed by atoms with Gasteiger partial charge in [0, 0.05) is 50.2 Å². The third kappa shape index (κ3) is 6.35. The minimum atomic E-state index is -0.160. The van der Waals surface area contributed by atoms with E-state index < -0.39 is 0 Å². The molecule has 1 fully saturated rings. The first-order valence-corrected chi connectivity index (χ1v) is 14.6. The number of nitrogens with zero attached hydrogens (tertiary/aromatic N) is 5. The summed E-state index contributed by atoms with van der Waals surface area (Å²) in [4.78, 5) is 26.1. The van der Waals surface area contributed by atoms with E-state index >= 15 is 0 Å². The number of hydrogen-bond acceptors (Lipinski definition) is 5. The van der Waals surface area contributed by atoms with E-state index in [-0.39, 0.29) is 5.91 Å². The largest absolute Gasteiger partial charge is 0.338 e. The Kier molecular flexibility index (Phi) is 8.14. The van der Waals surface area contributed by atoms with Crippen LogP contribution in [0, 0.1) is 0 Å². The first-order valence-electron chi connectivity index (χ1n) is 14.2. The Labute approximate surface area is 244 Å². The quantitative estimate of drug-likeness (QED) is 0.232. The van der Waals surface area contributed by atoms with E-state index in [4.69, 9.17) is 16.6 Å². The molecule has 0 saturated carbocycles. The van der Waals surface area contributed by atoms with Gasteiger partial charge in [-0.15, -0.1) is 0 Å². The molecule has 6 rings (SSSR count). The second-order valence-electron chi connectivity index (χ2n) is 10.5. The zero-order valence-corrected chi connectivity index (χ0v) is 23.9. The number of carbonyl (C=O) groups excluding carboxylic acids is 1. The first kappa shape index (κ1) is 27.2. The van der Waals surface area contributed by atoms with Crippen molar-refractivity contribution in [2.45, 2.75) is 19.8 Å². The van der Waals surface area contributed by atoms with E-state index in [1.807, 2.05) is 54.7 Å². The Morgan fingerprint density at radius 2 is 1.73 bits per heavy atom. The zero-order chi connectivity index (χ0) is 28.2. The van der Waals surface area contributed by atoms with Gasteiger partial charge in [0.1, 0.15) is 5.82 Å². The van der Waals surface area contributed by atoms with Gasteiger partial charge in [-0.2, -0.15) is 5.10 Å². The van der Waals surface area contributed by atoms with Crippen molar-refractivity contribution in [1.29, 1.82) is 0 Å².